The molecule has 1 atom stereocenters. The predicted molar refractivity (Wildman–Crippen MR) is 74.0 cm³/mol. The van der Waals surface area contributed by atoms with E-state index in [2.05, 4.69) is 10.6 Å². The maximum absolute atomic E-state index is 13.0. The number of hydrogen-bond acceptors (Lipinski definition) is 3. The molecule has 2 rings (SSSR count). The maximum atomic E-state index is 13.0. The lowest BCUT2D eigenvalue weighted by atomic mass is 10.2. The van der Waals surface area contributed by atoms with E-state index in [4.69, 9.17) is 0 Å². The Kier molecular flexibility index (Phi) is 4.52. The van der Waals surface area contributed by atoms with Crippen molar-refractivity contribution >= 4 is 23.5 Å². The number of halogens is 1. The molecule has 0 radical (unpaired) electrons. The van der Waals surface area contributed by atoms with E-state index in [1.54, 1.807) is 0 Å². The van der Waals surface area contributed by atoms with Gasteiger partial charge in [-0.15, -0.1) is 0 Å². The fourth-order valence-corrected chi connectivity index (χ4v) is 2.12. The summed E-state index contributed by atoms with van der Waals surface area (Å²) in [7, 11) is 0. The van der Waals surface area contributed by atoms with Crippen molar-refractivity contribution in [3.05, 3.63) is 30.1 Å². The van der Waals surface area contributed by atoms with Crippen LogP contribution >= 0.6 is 0 Å². The van der Waals surface area contributed by atoms with Gasteiger partial charge >= 0.3 is 6.03 Å². The number of hydrogen-bond donors (Lipinski definition) is 2. The Hall–Kier alpha value is -2.44. The number of amides is 4. The van der Waals surface area contributed by atoms with Crippen LogP contribution in [0.25, 0.3) is 0 Å². The lowest BCUT2D eigenvalue weighted by Crippen LogP contribution is -2.38. The minimum absolute atomic E-state index is 0.275. The molecule has 1 heterocycles. The molecule has 0 aliphatic carbocycles. The molecule has 0 bridgehead atoms. The zero-order chi connectivity index (χ0) is 15.4. The SMILES string of the molecule is CCC[C@H]1NC(=O)N(CC(=O)Nc2cccc(F)c2)C1=O. The number of carbonyl (C=O) groups excluding carboxylic acids is 3. The van der Waals surface area contributed by atoms with Gasteiger partial charge in [-0.1, -0.05) is 19.4 Å². The second kappa shape index (κ2) is 6.34. The first-order valence-corrected chi connectivity index (χ1v) is 6.68. The summed E-state index contributed by atoms with van der Waals surface area (Å²) < 4.78 is 13.0. The van der Waals surface area contributed by atoms with Crippen LogP contribution in [0.4, 0.5) is 14.9 Å². The number of imide groups is 1. The first-order valence-electron chi connectivity index (χ1n) is 6.68. The van der Waals surface area contributed by atoms with E-state index in [0.29, 0.717) is 6.42 Å². The van der Waals surface area contributed by atoms with Crippen LogP contribution in [0.15, 0.2) is 24.3 Å². The van der Waals surface area contributed by atoms with Crippen LogP contribution in [-0.2, 0) is 9.59 Å². The lowest BCUT2D eigenvalue weighted by Gasteiger charge is -2.13. The number of benzene rings is 1. The second-order valence-electron chi connectivity index (χ2n) is 4.77. The molecule has 1 aromatic rings. The van der Waals surface area contributed by atoms with Crippen molar-refractivity contribution in [3.63, 3.8) is 0 Å². The Morgan fingerprint density at radius 3 is 2.86 bits per heavy atom. The largest absolute Gasteiger partial charge is 0.326 e. The average Bonchev–Trinajstić information content (AvgIpc) is 2.67. The summed E-state index contributed by atoms with van der Waals surface area (Å²) >= 11 is 0. The zero-order valence-electron chi connectivity index (χ0n) is 11.6. The highest BCUT2D eigenvalue weighted by atomic mass is 19.1. The van der Waals surface area contributed by atoms with Gasteiger partial charge in [0.1, 0.15) is 18.4 Å². The molecule has 1 saturated heterocycles. The van der Waals surface area contributed by atoms with Gasteiger partial charge in [0.25, 0.3) is 5.91 Å². The molecule has 1 aromatic carbocycles. The molecule has 0 spiro atoms. The fourth-order valence-electron chi connectivity index (χ4n) is 2.12. The number of nitrogens with zero attached hydrogens (tertiary/aromatic N) is 1. The standard InChI is InChI=1S/C14H16FN3O3/c1-2-4-11-13(20)18(14(21)17-11)8-12(19)16-10-6-3-5-9(15)7-10/h3,5-7,11H,2,4,8H2,1H3,(H,16,19)(H,17,21)/t11-/m1/s1. The van der Waals surface area contributed by atoms with Crippen LogP contribution < -0.4 is 10.6 Å². The first-order chi connectivity index (χ1) is 10.0. The third kappa shape index (κ3) is 3.56. The summed E-state index contributed by atoms with van der Waals surface area (Å²) in [5.74, 6) is -1.44. The molecule has 6 nitrogen and oxygen atoms in total. The highest BCUT2D eigenvalue weighted by molar-refractivity contribution is 6.07. The minimum Gasteiger partial charge on any atom is -0.326 e. The quantitative estimate of drug-likeness (QED) is 0.807. The Bertz CT molecular complexity index is 576. The number of carbonyl (C=O) groups is 3. The van der Waals surface area contributed by atoms with Crippen molar-refractivity contribution in [1.29, 1.82) is 0 Å². The highest BCUT2D eigenvalue weighted by Crippen LogP contribution is 2.12. The van der Waals surface area contributed by atoms with Gasteiger partial charge in [-0.25, -0.2) is 9.18 Å². The number of urea groups is 1. The van der Waals surface area contributed by atoms with Crippen molar-refractivity contribution in [2.24, 2.45) is 0 Å². The Morgan fingerprint density at radius 2 is 2.19 bits per heavy atom. The highest BCUT2D eigenvalue weighted by Gasteiger charge is 2.38. The molecule has 1 fully saturated rings. The summed E-state index contributed by atoms with van der Waals surface area (Å²) in [5, 5.41) is 4.98. The molecule has 7 heteroatoms. The molecule has 1 aliphatic rings. The van der Waals surface area contributed by atoms with E-state index in [1.165, 1.54) is 18.2 Å². The Labute approximate surface area is 121 Å². The van der Waals surface area contributed by atoms with Crippen molar-refractivity contribution in [2.75, 3.05) is 11.9 Å². The second-order valence-corrected chi connectivity index (χ2v) is 4.77. The molecule has 1 aliphatic heterocycles. The molecule has 0 aromatic heterocycles. The summed E-state index contributed by atoms with van der Waals surface area (Å²) in [6.07, 6.45) is 1.28. The molecule has 112 valence electrons. The molecule has 4 amide bonds. The van der Waals surface area contributed by atoms with Gasteiger partial charge in [0.05, 0.1) is 0 Å². The summed E-state index contributed by atoms with van der Waals surface area (Å²) in [4.78, 5) is 36.3. The fraction of sp³-hybridized carbons (Fsp3) is 0.357. The van der Waals surface area contributed by atoms with Crippen LogP contribution in [0.3, 0.4) is 0 Å². The van der Waals surface area contributed by atoms with E-state index in [9.17, 15) is 18.8 Å². The van der Waals surface area contributed by atoms with E-state index in [1.807, 2.05) is 6.92 Å². The van der Waals surface area contributed by atoms with E-state index < -0.39 is 29.7 Å². The first kappa shape index (κ1) is 15.0. The van der Waals surface area contributed by atoms with Crippen LogP contribution in [0.2, 0.25) is 0 Å². The van der Waals surface area contributed by atoms with Crippen LogP contribution in [0, 0.1) is 5.82 Å². The topological polar surface area (TPSA) is 78.5 Å². The number of anilines is 1. The minimum atomic E-state index is -0.576. The van der Waals surface area contributed by atoms with Gasteiger partial charge in [0, 0.05) is 5.69 Å². The van der Waals surface area contributed by atoms with Gasteiger partial charge in [-0.2, -0.15) is 0 Å². The van der Waals surface area contributed by atoms with E-state index in [0.717, 1.165) is 17.4 Å². The lowest BCUT2D eigenvalue weighted by molar-refractivity contribution is -0.130. The van der Waals surface area contributed by atoms with Gasteiger partial charge in [-0.05, 0) is 24.6 Å². The van der Waals surface area contributed by atoms with Crippen molar-refractivity contribution in [3.8, 4) is 0 Å². The smallest absolute Gasteiger partial charge is 0.325 e. The zero-order valence-corrected chi connectivity index (χ0v) is 11.6. The van der Waals surface area contributed by atoms with Crippen molar-refractivity contribution in [2.45, 2.75) is 25.8 Å². The number of nitrogens with one attached hydrogen (secondary N) is 2. The summed E-state index contributed by atoms with van der Waals surface area (Å²) in [5.41, 5.74) is 0.275. The maximum Gasteiger partial charge on any atom is 0.325 e. The van der Waals surface area contributed by atoms with E-state index >= 15 is 0 Å². The summed E-state index contributed by atoms with van der Waals surface area (Å²) in [6, 6.07) is 4.24. The molecular weight excluding hydrogens is 277 g/mol. The van der Waals surface area contributed by atoms with E-state index in [-0.39, 0.29) is 12.2 Å². The third-order valence-corrected chi connectivity index (χ3v) is 3.09. The molecule has 21 heavy (non-hydrogen) atoms. The molecule has 0 saturated carbocycles. The average molecular weight is 293 g/mol. The normalized spacial score (nSPS) is 17.8. The summed E-state index contributed by atoms with van der Waals surface area (Å²) in [6.45, 7) is 1.51. The number of rotatable bonds is 5. The molecule has 2 N–H and O–H groups in total. The molecular formula is C14H16FN3O3. The van der Waals surface area contributed by atoms with Crippen molar-refractivity contribution in [1.82, 2.24) is 10.2 Å². The van der Waals surface area contributed by atoms with Gasteiger partial charge in [0.15, 0.2) is 0 Å². The van der Waals surface area contributed by atoms with Gasteiger partial charge in [-0.3, -0.25) is 14.5 Å². The van der Waals surface area contributed by atoms with Crippen molar-refractivity contribution < 1.29 is 18.8 Å². The van der Waals surface area contributed by atoms with Crippen LogP contribution in [0.5, 0.6) is 0 Å². The van der Waals surface area contributed by atoms with Crippen LogP contribution in [0.1, 0.15) is 19.8 Å². The Balaban J connectivity index is 1.96. The van der Waals surface area contributed by atoms with Crippen LogP contribution in [-0.4, -0.2) is 35.3 Å². The molecule has 0 unspecified atom stereocenters. The Morgan fingerprint density at radius 1 is 1.43 bits per heavy atom. The third-order valence-electron chi connectivity index (χ3n) is 3.09. The predicted octanol–water partition coefficient (Wildman–Crippen LogP) is 1.48. The monoisotopic (exact) mass is 293 g/mol. The van der Waals surface area contributed by atoms with Gasteiger partial charge < -0.3 is 10.6 Å². The van der Waals surface area contributed by atoms with Gasteiger partial charge in [0.2, 0.25) is 5.91 Å².